The predicted octanol–water partition coefficient (Wildman–Crippen LogP) is 5.19. The van der Waals surface area contributed by atoms with E-state index in [9.17, 15) is 9.18 Å². The standard InChI is InChI=1S/C21H15FN2O2/c1-13-5-10-18-19(11-13)26-21(24-18)14-6-8-17(9-7-14)23-20(25)15-3-2-4-16(22)12-15/h2-12H,1H3,(H,23,25). The number of carbonyl (C=O) groups is 1. The molecule has 0 aliphatic rings. The number of hydrogen-bond acceptors (Lipinski definition) is 3. The summed E-state index contributed by atoms with van der Waals surface area (Å²) in [5, 5.41) is 2.74. The number of aryl methyl sites for hydroxylation is 1. The topological polar surface area (TPSA) is 55.1 Å². The molecule has 0 unspecified atom stereocenters. The van der Waals surface area contributed by atoms with Crippen molar-refractivity contribution in [2.45, 2.75) is 6.92 Å². The van der Waals surface area contributed by atoms with Gasteiger partial charge >= 0.3 is 0 Å². The lowest BCUT2D eigenvalue weighted by Crippen LogP contribution is -2.11. The van der Waals surface area contributed by atoms with E-state index >= 15 is 0 Å². The maximum absolute atomic E-state index is 13.2. The van der Waals surface area contributed by atoms with Crippen LogP contribution in [0.1, 0.15) is 15.9 Å². The molecule has 0 fully saturated rings. The Kier molecular flexibility index (Phi) is 3.97. The lowest BCUT2D eigenvalue weighted by Gasteiger charge is -2.06. The first-order valence-electron chi connectivity index (χ1n) is 8.13. The Balaban J connectivity index is 1.55. The number of nitrogens with one attached hydrogen (secondary N) is 1. The van der Waals surface area contributed by atoms with Gasteiger partial charge in [0.1, 0.15) is 11.3 Å². The Morgan fingerprint density at radius 3 is 2.62 bits per heavy atom. The molecule has 0 atom stereocenters. The molecule has 4 nitrogen and oxygen atoms in total. The van der Waals surface area contributed by atoms with E-state index in [0.717, 1.165) is 22.2 Å². The van der Waals surface area contributed by atoms with Gasteiger partial charge in [-0.15, -0.1) is 0 Å². The van der Waals surface area contributed by atoms with Gasteiger partial charge in [-0.25, -0.2) is 9.37 Å². The zero-order chi connectivity index (χ0) is 18.1. The number of carbonyl (C=O) groups excluding carboxylic acids is 1. The third-order valence-corrected chi connectivity index (χ3v) is 4.02. The maximum atomic E-state index is 13.2. The van der Waals surface area contributed by atoms with Crippen molar-refractivity contribution in [3.63, 3.8) is 0 Å². The van der Waals surface area contributed by atoms with Crippen LogP contribution in [0.25, 0.3) is 22.6 Å². The minimum absolute atomic E-state index is 0.267. The zero-order valence-electron chi connectivity index (χ0n) is 14.0. The van der Waals surface area contributed by atoms with Crippen molar-refractivity contribution in [3.8, 4) is 11.5 Å². The van der Waals surface area contributed by atoms with Gasteiger partial charge in [0.15, 0.2) is 5.58 Å². The molecule has 4 aromatic rings. The number of hydrogen-bond donors (Lipinski definition) is 1. The third kappa shape index (κ3) is 3.19. The molecular formula is C21H15FN2O2. The molecule has 1 heterocycles. The predicted molar refractivity (Wildman–Crippen MR) is 98.5 cm³/mol. The summed E-state index contributed by atoms with van der Waals surface area (Å²) in [5.74, 6) is -0.289. The van der Waals surface area contributed by atoms with Gasteiger partial charge in [0.05, 0.1) is 0 Å². The van der Waals surface area contributed by atoms with Crippen molar-refractivity contribution >= 4 is 22.7 Å². The SMILES string of the molecule is Cc1ccc2nc(-c3ccc(NC(=O)c4cccc(F)c4)cc3)oc2c1. The number of benzene rings is 3. The molecule has 0 spiro atoms. The van der Waals surface area contributed by atoms with Crippen LogP contribution in [-0.4, -0.2) is 10.9 Å². The van der Waals surface area contributed by atoms with Crippen molar-refractivity contribution in [1.82, 2.24) is 4.98 Å². The van der Waals surface area contributed by atoms with Crippen molar-refractivity contribution in [1.29, 1.82) is 0 Å². The Bertz CT molecular complexity index is 1100. The van der Waals surface area contributed by atoms with Crippen molar-refractivity contribution < 1.29 is 13.6 Å². The van der Waals surface area contributed by atoms with Gasteiger partial charge in [0.25, 0.3) is 5.91 Å². The monoisotopic (exact) mass is 346 g/mol. The molecular weight excluding hydrogens is 331 g/mol. The molecule has 0 bridgehead atoms. The second kappa shape index (κ2) is 6.44. The van der Waals surface area contributed by atoms with E-state index in [4.69, 9.17) is 4.42 Å². The number of nitrogens with zero attached hydrogens (tertiary/aromatic N) is 1. The van der Waals surface area contributed by atoms with Crippen molar-refractivity contribution in [2.24, 2.45) is 0 Å². The molecule has 5 heteroatoms. The van der Waals surface area contributed by atoms with E-state index in [-0.39, 0.29) is 11.5 Å². The van der Waals surface area contributed by atoms with E-state index in [1.165, 1.54) is 18.2 Å². The highest BCUT2D eigenvalue weighted by Crippen LogP contribution is 2.26. The number of halogens is 1. The molecule has 0 saturated heterocycles. The first-order chi connectivity index (χ1) is 12.6. The minimum atomic E-state index is -0.445. The summed E-state index contributed by atoms with van der Waals surface area (Å²) in [6, 6.07) is 18.6. The van der Waals surface area contributed by atoms with Gasteiger partial charge in [-0.1, -0.05) is 12.1 Å². The van der Waals surface area contributed by atoms with Crippen molar-refractivity contribution in [3.05, 3.63) is 83.7 Å². The molecule has 0 saturated carbocycles. The molecule has 1 N–H and O–H groups in total. The second-order valence-corrected chi connectivity index (χ2v) is 6.03. The molecule has 0 radical (unpaired) electrons. The van der Waals surface area contributed by atoms with Crippen LogP contribution in [0.3, 0.4) is 0 Å². The van der Waals surface area contributed by atoms with E-state index in [2.05, 4.69) is 10.3 Å². The maximum Gasteiger partial charge on any atom is 0.255 e. The van der Waals surface area contributed by atoms with Crippen LogP contribution in [-0.2, 0) is 0 Å². The molecule has 1 aromatic heterocycles. The van der Waals surface area contributed by atoms with Crippen LogP contribution in [0, 0.1) is 12.7 Å². The van der Waals surface area contributed by atoms with Crippen LogP contribution in [0.5, 0.6) is 0 Å². The average molecular weight is 346 g/mol. The zero-order valence-corrected chi connectivity index (χ0v) is 14.0. The van der Waals surface area contributed by atoms with Gasteiger partial charge in [-0.2, -0.15) is 0 Å². The Morgan fingerprint density at radius 2 is 1.85 bits per heavy atom. The fraction of sp³-hybridized carbons (Fsp3) is 0.0476. The Hall–Kier alpha value is -3.47. The molecule has 3 aromatic carbocycles. The highest BCUT2D eigenvalue weighted by atomic mass is 19.1. The molecule has 0 aliphatic carbocycles. The summed E-state index contributed by atoms with van der Waals surface area (Å²) in [4.78, 5) is 16.6. The van der Waals surface area contributed by atoms with Crippen LogP contribution in [0.15, 0.2) is 71.1 Å². The molecule has 26 heavy (non-hydrogen) atoms. The number of fused-ring (bicyclic) bond motifs is 1. The van der Waals surface area contributed by atoms with Gasteiger partial charge in [0, 0.05) is 16.8 Å². The highest BCUT2D eigenvalue weighted by Gasteiger charge is 2.10. The molecule has 128 valence electrons. The number of amides is 1. The molecule has 1 amide bonds. The second-order valence-electron chi connectivity index (χ2n) is 6.03. The lowest BCUT2D eigenvalue weighted by molar-refractivity contribution is 0.102. The smallest absolute Gasteiger partial charge is 0.255 e. The summed E-state index contributed by atoms with van der Waals surface area (Å²) in [7, 11) is 0. The lowest BCUT2D eigenvalue weighted by atomic mass is 10.2. The summed E-state index contributed by atoms with van der Waals surface area (Å²) in [5.41, 5.74) is 4.33. The Morgan fingerprint density at radius 1 is 1.04 bits per heavy atom. The van der Waals surface area contributed by atoms with E-state index in [1.807, 2.05) is 37.3 Å². The van der Waals surface area contributed by atoms with Crippen LogP contribution in [0.4, 0.5) is 10.1 Å². The summed E-state index contributed by atoms with van der Waals surface area (Å²) >= 11 is 0. The van der Waals surface area contributed by atoms with Crippen LogP contribution < -0.4 is 5.32 Å². The summed E-state index contributed by atoms with van der Waals surface area (Å²) < 4.78 is 19.0. The average Bonchev–Trinajstić information content (AvgIpc) is 3.05. The van der Waals surface area contributed by atoms with Gasteiger partial charge < -0.3 is 9.73 Å². The summed E-state index contributed by atoms with van der Waals surface area (Å²) in [6.07, 6.45) is 0. The largest absolute Gasteiger partial charge is 0.436 e. The van der Waals surface area contributed by atoms with Gasteiger partial charge in [-0.3, -0.25) is 4.79 Å². The number of rotatable bonds is 3. The van der Waals surface area contributed by atoms with E-state index in [0.29, 0.717) is 11.6 Å². The summed E-state index contributed by atoms with van der Waals surface area (Å²) in [6.45, 7) is 2.00. The Labute approximate surface area is 149 Å². The minimum Gasteiger partial charge on any atom is -0.436 e. The first kappa shape index (κ1) is 16.0. The normalized spacial score (nSPS) is 10.8. The number of anilines is 1. The highest BCUT2D eigenvalue weighted by molar-refractivity contribution is 6.04. The van der Waals surface area contributed by atoms with E-state index < -0.39 is 5.82 Å². The fourth-order valence-electron chi connectivity index (χ4n) is 2.68. The first-order valence-corrected chi connectivity index (χ1v) is 8.13. The quantitative estimate of drug-likeness (QED) is 0.555. The third-order valence-electron chi connectivity index (χ3n) is 4.02. The van der Waals surface area contributed by atoms with Crippen LogP contribution >= 0.6 is 0 Å². The van der Waals surface area contributed by atoms with Gasteiger partial charge in [-0.05, 0) is 67.1 Å². The van der Waals surface area contributed by atoms with Crippen LogP contribution in [0.2, 0.25) is 0 Å². The molecule has 4 rings (SSSR count). The van der Waals surface area contributed by atoms with Crippen molar-refractivity contribution in [2.75, 3.05) is 5.32 Å². The number of oxazole rings is 1. The fourth-order valence-corrected chi connectivity index (χ4v) is 2.68. The molecule has 0 aliphatic heterocycles. The van der Waals surface area contributed by atoms with E-state index in [1.54, 1.807) is 18.2 Å². The number of aromatic nitrogens is 1. The van der Waals surface area contributed by atoms with Gasteiger partial charge in [0.2, 0.25) is 5.89 Å².